The van der Waals surface area contributed by atoms with Crippen LogP contribution < -0.4 is 4.57 Å². The molecule has 0 N–H and O–H groups in total. The molecule has 0 spiro atoms. The van der Waals surface area contributed by atoms with Gasteiger partial charge in [-0.05, 0) is 60.7 Å². The molecule has 1 fully saturated rings. The molecule has 3 rings (SSSR count). The fraction of sp³-hybridized carbons (Fsp3) is 0.542. The number of pyridine rings is 1. The number of aromatic nitrogens is 1. The second-order valence-electron chi connectivity index (χ2n) is 7.91. The van der Waals surface area contributed by atoms with Crippen LogP contribution in [0.15, 0.2) is 30.5 Å². The Bertz CT molecular complexity index is 1010. The molecule has 2 aromatic rings. The predicted octanol–water partition coefficient (Wildman–Crippen LogP) is 6.14. The van der Waals surface area contributed by atoms with Gasteiger partial charge in [0.15, 0.2) is 6.20 Å². The lowest BCUT2D eigenvalue weighted by atomic mass is 9.82. The van der Waals surface area contributed by atoms with E-state index < -0.39 is 44.8 Å². The van der Waals surface area contributed by atoms with Crippen molar-refractivity contribution in [2.45, 2.75) is 77.9 Å². The molecule has 0 saturated heterocycles. The molecule has 1 aromatic heterocycles. The van der Waals surface area contributed by atoms with Crippen molar-refractivity contribution in [3.63, 3.8) is 0 Å². The Morgan fingerprint density at radius 1 is 1.08 bits per heavy atom. The van der Waals surface area contributed by atoms with E-state index in [-0.39, 0.29) is 11.0 Å². The summed E-state index contributed by atoms with van der Waals surface area (Å²) in [5, 5.41) is 0. The van der Waals surface area contributed by atoms with Crippen LogP contribution in [0.4, 0.5) is 0 Å². The van der Waals surface area contributed by atoms with Crippen molar-refractivity contribution in [1.29, 1.82) is 0 Å². The zero-order valence-electron chi connectivity index (χ0n) is 23.8. The van der Waals surface area contributed by atoms with Gasteiger partial charge in [0, 0.05) is 28.2 Å². The van der Waals surface area contributed by atoms with Crippen molar-refractivity contribution in [3.05, 3.63) is 52.7 Å². The molecule has 1 aliphatic carbocycles. The summed E-state index contributed by atoms with van der Waals surface area (Å²) in [6.07, 6.45) is -4.11. The molecule has 1 aliphatic rings. The van der Waals surface area contributed by atoms with Crippen LogP contribution in [0.25, 0.3) is 11.3 Å². The van der Waals surface area contributed by atoms with E-state index in [1.807, 2.05) is 24.6 Å². The highest BCUT2D eigenvalue weighted by molar-refractivity contribution is 5.63. The van der Waals surface area contributed by atoms with Crippen molar-refractivity contribution in [2.75, 3.05) is 0 Å². The molecule has 4 unspecified atom stereocenters. The van der Waals surface area contributed by atoms with Crippen molar-refractivity contribution < 1.29 is 15.5 Å². The van der Waals surface area contributed by atoms with Crippen LogP contribution >= 0.6 is 0 Å². The van der Waals surface area contributed by atoms with E-state index in [0.29, 0.717) is 5.56 Å². The van der Waals surface area contributed by atoms with Crippen LogP contribution in [0, 0.1) is 13.8 Å². The Morgan fingerprint density at radius 3 is 2.44 bits per heavy atom. The minimum atomic E-state index is -2.49. The van der Waals surface area contributed by atoms with Gasteiger partial charge < -0.3 is 0 Å². The molecule has 134 valence electrons. The minimum absolute atomic E-state index is 0.0542. The van der Waals surface area contributed by atoms with Crippen LogP contribution in [-0.4, -0.2) is 0 Å². The zero-order chi connectivity index (χ0) is 25.0. The predicted molar refractivity (Wildman–Crippen MR) is 107 cm³/mol. The summed E-state index contributed by atoms with van der Waals surface area (Å²) in [4.78, 5) is 0. The van der Waals surface area contributed by atoms with E-state index in [9.17, 15) is 0 Å². The first-order valence-electron chi connectivity index (χ1n) is 13.2. The normalized spacial score (nSPS) is 38.3. The van der Waals surface area contributed by atoms with Gasteiger partial charge in [-0.25, -0.2) is 4.57 Å². The maximum Gasteiger partial charge on any atom is 0.212 e. The Hall–Kier alpha value is -1.63. The van der Waals surface area contributed by atoms with Crippen LogP contribution in [0.1, 0.15) is 91.9 Å². The minimum Gasteiger partial charge on any atom is -0.201 e. The summed E-state index contributed by atoms with van der Waals surface area (Å²) in [6.45, 7) is 5.87. The monoisotopic (exact) mass is 344 g/mol. The third kappa shape index (κ3) is 3.81. The molecule has 0 aliphatic heterocycles. The number of hydrogen-bond acceptors (Lipinski definition) is 0. The molecule has 0 radical (unpaired) electrons. The number of benzene rings is 1. The second-order valence-corrected chi connectivity index (χ2v) is 7.91. The fourth-order valence-corrected chi connectivity index (χ4v) is 3.27. The number of nitrogens with zero attached hydrogens (tertiary/aromatic N) is 1. The SMILES string of the molecule is [2H]C1C([2H])C([2H])C(c2c[n+](C)c(-c3cc(C(C)(C)C)ccc3C)cc2C([2H])([2H])[2H])C([2H])C1[2H]. The largest absolute Gasteiger partial charge is 0.212 e. The van der Waals surface area contributed by atoms with Gasteiger partial charge in [-0.1, -0.05) is 52.1 Å². The maximum absolute atomic E-state index is 8.54. The quantitative estimate of drug-likeness (QED) is 0.576. The number of hydrogen-bond donors (Lipinski definition) is 0. The van der Waals surface area contributed by atoms with Crippen molar-refractivity contribution in [2.24, 2.45) is 7.05 Å². The Balaban J connectivity index is 2.25. The average molecular weight is 345 g/mol. The van der Waals surface area contributed by atoms with Gasteiger partial charge in [0.05, 0.1) is 0 Å². The molecular formula is C24H34N+. The molecule has 1 heterocycles. The summed E-state index contributed by atoms with van der Waals surface area (Å²) in [7, 11) is 1.82. The first-order valence-corrected chi connectivity index (χ1v) is 8.82. The van der Waals surface area contributed by atoms with Crippen molar-refractivity contribution >= 4 is 0 Å². The van der Waals surface area contributed by atoms with Crippen LogP contribution in [0.3, 0.4) is 0 Å². The third-order valence-corrected chi connectivity index (χ3v) is 4.90. The lowest BCUT2D eigenvalue weighted by Crippen LogP contribution is -2.32. The highest BCUT2D eigenvalue weighted by Gasteiger charge is 2.24. The maximum atomic E-state index is 8.54. The topological polar surface area (TPSA) is 3.88 Å². The Labute approximate surface area is 165 Å². The van der Waals surface area contributed by atoms with Crippen LogP contribution in [-0.2, 0) is 12.5 Å². The van der Waals surface area contributed by atoms with Gasteiger partial charge in [-0.3, -0.25) is 0 Å². The highest BCUT2D eigenvalue weighted by Crippen LogP contribution is 2.35. The van der Waals surface area contributed by atoms with E-state index in [4.69, 9.17) is 11.0 Å². The van der Waals surface area contributed by atoms with E-state index in [1.54, 1.807) is 12.3 Å². The summed E-state index contributed by atoms with van der Waals surface area (Å²) >= 11 is 0. The third-order valence-electron chi connectivity index (χ3n) is 4.90. The lowest BCUT2D eigenvalue weighted by Gasteiger charge is -2.23. The van der Waals surface area contributed by atoms with E-state index in [0.717, 1.165) is 22.4 Å². The first-order chi connectivity index (χ1) is 15.1. The molecule has 1 aromatic carbocycles. The van der Waals surface area contributed by atoms with Gasteiger partial charge >= 0.3 is 0 Å². The average Bonchev–Trinajstić information content (AvgIpc) is 2.70. The molecule has 1 saturated carbocycles. The van der Waals surface area contributed by atoms with Gasteiger partial charge in [0.2, 0.25) is 5.69 Å². The molecule has 0 amide bonds. The summed E-state index contributed by atoms with van der Waals surface area (Å²) in [6, 6.07) is 7.82. The molecule has 1 heteroatoms. The number of rotatable bonds is 2. The van der Waals surface area contributed by atoms with Gasteiger partial charge in [-0.15, -0.1) is 0 Å². The van der Waals surface area contributed by atoms with Gasteiger partial charge in [0.1, 0.15) is 7.05 Å². The van der Waals surface area contributed by atoms with Gasteiger partial charge in [0.25, 0.3) is 0 Å². The Kier molecular flexibility index (Phi) is 2.91. The lowest BCUT2D eigenvalue weighted by molar-refractivity contribution is -0.661. The Morgan fingerprint density at radius 2 is 1.80 bits per heavy atom. The molecule has 1 nitrogen and oxygen atoms in total. The molecule has 0 bridgehead atoms. The second kappa shape index (κ2) is 6.94. The first kappa shape index (κ1) is 10.5. The molecule has 4 atom stereocenters. The van der Waals surface area contributed by atoms with Crippen LogP contribution in [0.2, 0.25) is 0 Å². The van der Waals surface area contributed by atoms with Crippen molar-refractivity contribution in [1.82, 2.24) is 0 Å². The standard InChI is InChI=1S/C24H34N/c1-17-12-13-20(24(3,4)5)15-21(17)23-14-18(2)22(16-25(23)6)19-10-8-7-9-11-19/h12-16,19H,7-11H2,1-6H3/q+1/i2D3,7D,8D,9D,10D,11D. The molecular weight excluding hydrogens is 302 g/mol. The van der Waals surface area contributed by atoms with Crippen LogP contribution in [0.5, 0.6) is 0 Å². The zero-order valence-corrected chi connectivity index (χ0v) is 15.8. The highest BCUT2D eigenvalue weighted by atomic mass is 14.9. The smallest absolute Gasteiger partial charge is 0.201 e. The van der Waals surface area contributed by atoms with E-state index in [2.05, 4.69) is 32.9 Å². The summed E-state index contributed by atoms with van der Waals surface area (Å²) in [5.74, 6) is -0.922. The van der Waals surface area contributed by atoms with Gasteiger partial charge in [-0.2, -0.15) is 0 Å². The fourth-order valence-electron chi connectivity index (χ4n) is 3.27. The molecule has 25 heavy (non-hydrogen) atoms. The van der Waals surface area contributed by atoms with E-state index >= 15 is 0 Å². The van der Waals surface area contributed by atoms with E-state index in [1.165, 1.54) is 0 Å². The summed E-state index contributed by atoms with van der Waals surface area (Å²) in [5.41, 5.74) is 4.06. The number of aryl methyl sites for hydroxylation is 3. The summed E-state index contributed by atoms with van der Waals surface area (Å²) < 4.78 is 68.0. The van der Waals surface area contributed by atoms with Crippen molar-refractivity contribution in [3.8, 4) is 11.3 Å².